The molecule has 0 saturated heterocycles. The highest BCUT2D eigenvalue weighted by atomic mass is 32.1. The third-order valence-electron chi connectivity index (χ3n) is 2.27. The van der Waals surface area contributed by atoms with Crippen LogP contribution in [0.5, 0.6) is 0 Å². The Morgan fingerprint density at radius 3 is 2.67 bits per heavy atom. The van der Waals surface area contributed by atoms with Crippen molar-refractivity contribution < 1.29 is 4.39 Å². The van der Waals surface area contributed by atoms with E-state index in [0.29, 0.717) is 18.2 Å². The zero-order valence-corrected chi connectivity index (χ0v) is 10.2. The van der Waals surface area contributed by atoms with Crippen LogP contribution in [0.25, 0.3) is 0 Å². The Morgan fingerprint density at radius 1 is 1.28 bits per heavy atom. The highest BCUT2D eigenvalue weighted by Gasteiger charge is 2.01. The Hall–Kier alpha value is -2.08. The van der Waals surface area contributed by atoms with Crippen LogP contribution in [0, 0.1) is 5.82 Å². The Bertz CT molecular complexity index is 556. The van der Waals surface area contributed by atoms with Gasteiger partial charge in [0, 0.05) is 12.7 Å². The van der Waals surface area contributed by atoms with Crippen molar-refractivity contribution in [2.45, 2.75) is 6.54 Å². The summed E-state index contributed by atoms with van der Waals surface area (Å²) in [6, 6.07) is 7.84. The maximum atomic E-state index is 12.7. The Kier molecular flexibility index (Phi) is 3.78. The molecular weight excluding hydrogens is 251 g/mol. The lowest BCUT2D eigenvalue weighted by Crippen LogP contribution is -2.13. The molecule has 4 nitrogen and oxygen atoms in total. The van der Waals surface area contributed by atoms with E-state index in [1.165, 1.54) is 12.1 Å². The van der Waals surface area contributed by atoms with Crippen LogP contribution in [-0.2, 0) is 6.54 Å². The average molecular weight is 262 g/mol. The molecule has 1 aromatic heterocycles. The molecule has 0 atom stereocenters. The molecular formula is C12H11FN4S. The van der Waals surface area contributed by atoms with Crippen molar-refractivity contribution in [1.82, 2.24) is 9.97 Å². The fourth-order valence-electron chi connectivity index (χ4n) is 1.36. The summed E-state index contributed by atoms with van der Waals surface area (Å²) in [4.78, 5) is 8.41. The van der Waals surface area contributed by atoms with Gasteiger partial charge in [0.1, 0.15) is 16.5 Å². The second kappa shape index (κ2) is 5.50. The molecule has 18 heavy (non-hydrogen) atoms. The van der Waals surface area contributed by atoms with Gasteiger partial charge in [-0.2, -0.15) is 0 Å². The predicted octanol–water partition coefficient (Wildman–Crippen LogP) is 1.86. The second-order valence-electron chi connectivity index (χ2n) is 3.61. The third-order valence-corrected chi connectivity index (χ3v) is 2.48. The van der Waals surface area contributed by atoms with Gasteiger partial charge in [-0.05, 0) is 23.8 Å². The van der Waals surface area contributed by atoms with E-state index in [1.807, 2.05) is 0 Å². The van der Waals surface area contributed by atoms with Gasteiger partial charge in [-0.3, -0.25) is 0 Å². The molecule has 6 heteroatoms. The van der Waals surface area contributed by atoms with Gasteiger partial charge < -0.3 is 11.1 Å². The summed E-state index contributed by atoms with van der Waals surface area (Å²) in [6.07, 6.45) is 1.58. The molecule has 1 aromatic carbocycles. The lowest BCUT2D eigenvalue weighted by molar-refractivity contribution is 0.627. The summed E-state index contributed by atoms with van der Waals surface area (Å²) < 4.78 is 12.7. The molecule has 0 aliphatic carbocycles. The zero-order valence-electron chi connectivity index (χ0n) is 9.43. The topological polar surface area (TPSA) is 63.8 Å². The highest BCUT2D eigenvalue weighted by molar-refractivity contribution is 7.80. The van der Waals surface area contributed by atoms with Gasteiger partial charge in [-0.1, -0.05) is 24.4 Å². The van der Waals surface area contributed by atoms with Crippen molar-refractivity contribution in [2.75, 3.05) is 5.32 Å². The van der Waals surface area contributed by atoms with Crippen LogP contribution >= 0.6 is 12.2 Å². The molecule has 0 fully saturated rings. The summed E-state index contributed by atoms with van der Waals surface area (Å²) in [5, 5.41) is 3.02. The first-order valence-corrected chi connectivity index (χ1v) is 5.67. The quantitative estimate of drug-likeness (QED) is 0.823. The van der Waals surface area contributed by atoms with Gasteiger partial charge in [0.05, 0.1) is 0 Å². The number of hydrogen-bond donors (Lipinski definition) is 2. The van der Waals surface area contributed by atoms with Crippen LogP contribution in [0.15, 0.2) is 36.5 Å². The number of nitrogens with one attached hydrogen (secondary N) is 1. The van der Waals surface area contributed by atoms with E-state index in [9.17, 15) is 4.39 Å². The molecule has 92 valence electrons. The molecule has 3 N–H and O–H groups in total. The van der Waals surface area contributed by atoms with Crippen molar-refractivity contribution in [3.8, 4) is 0 Å². The first-order valence-electron chi connectivity index (χ1n) is 5.26. The Balaban J connectivity index is 2.04. The minimum atomic E-state index is -0.259. The van der Waals surface area contributed by atoms with Crippen LogP contribution in [0.1, 0.15) is 11.3 Å². The van der Waals surface area contributed by atoms with Crippen LogP contribution in [0.3, 0.4) is 0 Å². The highest BCUT2D eigenvalue weighted by Crippen LogP contribution is 2.06. The maximum Gasteiger partial charge on any atom is 0.223 e. The van der Waals surface area contributed by atoms with Crippen LogP contribution in [0.4, 0.5) is 10.3 Å². The molecule has 0 bridgehead atoms. The minimum absolute atomic E-state index is 0.224. The number of anilines is 1. The number of aromatic nitrogens is 2. The van der Waals surface area contributed by atoms with Crippen molar-refractivity contribution in [2.24, 2.45) is 5.73 Å². The maximum absolute atomic E-state index is 12.7. The fraction of sp³-hybridized carbons (Fsp3) is 0.0833. The minimum Gasteiger partial charge on any atom is -0.388 e. The summed E-state index contributed by atoms with van der Waals surface area (Å²) >= 11 is 4.83. The molecule has 0 aliphatic rings. The van der Waals surface area contributed by atoms with Gasteiger partial charge in [0.25, 0.3) is 0 Å². The first-order chi connectivity index (χ1) is 8.65. The van der Waals surface area contributed by atoms with Crippen LogP contribution in [-0.4, -0.2) is 15.0 Å². The number of nitrogens with zero attached hydrogens (tertiary/aromatic N) is 2. The molecule has 0 unspecified atom stereocenters. The van der Waals surface area contributed by atoms with E-state index in [4.69, 9.17) is 18.0 Å². The van der Waals surface area contributed by atoms with E-state index < -0.39 is 0 Å². The van der Waals surface area contributed by atoms with Gasteiger partial charge in [0.2, 0.25) is 5.95 Å². The molecule has 0 amide bonds. The Labute approximate surface area is 109 Å². The van der Waals surface area contributed by atoms with Gasteiger partial charge >= 0.3 is 0 Å². The van der Waals surface area contributed by atoms with Crippen LogP contribution in [0.2, 0.25) is 0 Å². The third kappa shape index (κ3) is 3.21. The van der Waals surface area contributed by atoms with E-state index in [1.54, 1.807) is 24.4 Å². The number of nitrogens with two attached hydrogens (primary N) is 1. The number of thiocarbonyl (C=S) groups is 1. The molecule has 0 saturated carbocycles. The van der Waals surface area contributed by atoms with Crippen molar-refractivity contribution in [3.05, 3.63) is 53.6 Å². The van der Waals surface area contributed by atoms with Crippen LogP contribution < -0.4 is 11.1 Å². The van der Waals surface area contributed by atoms with Gasteiger partial charge in [-0.25, -0.2) is 14.4 Å². The van der Waals surface area contributed by atoms with E-state index in [-0.39, 0.29) is 10.8 Å². The predicted molar refractivity (Wildman–Crippen MR) is 71.6 cm³/mol. The number of halogens is 1. The molecule has 0 spiro atoms. The fourth-order valence-corrected chi connectivity index (χ4v) is 1.48. The van der Waals surface area contributed by atoms with E-state index in [2.05, 4.69) is 15.3 Å². The lowest BCUT2D eigenvalue weighted by Gasteiger charge is -2.05. The summed E-state index contributed by atoms with van der Waals surface area (Å²) in [5.41, 5.74) is 6.92. The van der Waals surface area contributed by atoms with E-state index in [0.717, 1.165) is 5.56 Å². The average Bonchev–Trinajstić information content (AvgIpc) is 2.38. The number of hydrogen-bond acceptors (Lipinski definition) is 4. The van der Waals surface area contributed by atoms with Crippen molar-refractivity contribution >= 4 is 23.2 Å². The second-order valence-corrected chi connectivity index (χ2v) is 4.05. The summed E-state index contributed by atoms with van der Waals surface area (Å²) in [7, 11) is 0. The summed E-state index contributed by atoms with van der Waals surface area (Å²) in [6.45, 7) is 0.501. The standard InChI is InChI=1S/C12H11FN4S/c13-9-3-1-8(2-4-9)7-16-12-15-6-5-10(17-12)11(14)18/h1-6H,7H2,(H2,14,18)(H,15,16,17). The molecule has 2 rings (SSSR count). The molecule has 2 aromatic rings. The van der Waals surface area contributed by atoms with Gasteiger partial charge in [0.15, 0.2) is 0 Å². The number of benzene rings is 1. The molecule has 0 radical (unpaired) electrons. The number of rotatable bonds is 4. The normalized spacial score (nSPS) is 10.1. The SMILES string of the molecule is NC(=S)c1ccnc(NCc2ccc(F)cc2)n1. The van der Waals surface area contributed by atoms with Crippen molar-refractivity contribution in [3.63, 3.8) is 0 Å². The van der Waals surface area contributed by atoms with Gasteiger partial charge in [-0.15, -0.1) is 0 Å². The Morgan fingerprint density at radius 2 is 2.00 bits per heavy atom. The lowest BCUT2D eigenvalue weighted by atomic mass is 10.2. The zero-order chi connectivity index (χ0) is 13.0. The molecule has 0 aliphatic heterocycles. The first kappa shape index (κ1) is 12.4. The largest absolute Gasteiger partial charge is 0.388 e. The monoisotopic (exact) mass is 262 g/mol. The van der Waals surface area contributed by atoms with E-state index >= 15 is 0 Å². The van der Waals surface area contributed by atoms with Crippen molar-refractivity contribution in [1.29, 1.82) is 0 Å². The smallest absolute Gasteiger partial charge is 0.223 e. The molecule has 1 heterocycles. The summed E-state index contributed by atoms with van der Waals surface area (Å²) in [5.74, 6) is 0.176.